The number of carbonyl (C=O) groups excluding carboxylic acids is 1. The molecule has 6 heteroatoms. The smallest absolute Gasteiger partial charge is 0.287 e. The molecule has 29 heavy (non-hydrogen) atoms. The van der Waals surface area contributed by atoms with Gasteiger partial charge in [-0.2, -0.15) is 0 Å². The first-order valence-electron chi connectivity index (χ1n) is 9.39. The monoisotopic (exact) mass is 403 g/mol. The summed E-state index contributed by atoms with van der Waals surface area (Å²) in [5, 5.41) is 4.66. The van der Waals surface area contributed by atoms with Gasteiger partial charge < -0.3 is 9.73 Å². The van der Waals surface area contributed by atoms with Crippen LogP contribution in [0.15, 0.2) is 76.6 Å². The number of benzene rings is 2. The van der Waals surface area contributed by atoms with E-state index in [0.717, 1.165) is 16.5 Å². The Bertz CT molecular complexity index is 1120. The highest BCUT2D eigenvalue weighted by molar-refractivity contribution is 7.98. The summed E-state index contributed by atoms with van der Waals surface area (Å²) in [6, 6.07) is 17.5. The van der Waals surface area contributed by atoms with Gasteiger partial charge in [0.05, 0.1) is 6.04 Å². The Balaban J connectivity index is 1.60. The Morgan fingerprint density at radius 2 is 1.79 bits per heavy atom. The summed E-state index contributed by atoms with van der Waals surface area (Å²) in [6.45, 7) is 4.01. The highest BCUT2D eigenvalue weighted by Crippen LogP contribution is 2.31. The van der Waals surface area contributed by atoms with E-state index in [4.69, 9.17) is 4.42 Å². The van der Waals surface area contributed by atoms with E-state index in [1.165, 1.54) is 17.3 Å². The van der Waals surface area contributed by atoms with Crippen LogP contribution >= 0.6 is 11.8 Å². The number of aromatic nitrogens is 2. The van der Waals surface area contributed by atoms with E-state index < -0.39 is 0 Å². The number of nitrogens with zero attached hydrogens (tertiary/aromatic N) is 2. The minimum absolute atomic E-state index is 0.130. The predicted octanol–water partition coefficient (Wildman–Crippen LogP) is 5.31. The lowest BCUT2D eigenvalue weighted by molar-refractivity contribution is 0.0913. The highest BCUT2D eigenvalue weighted by atomic mass is 32.2. The molecule has 0 bridgehead atoms. The molecule has 0 aliphatic heterocycles. The van der Waals surface area contributed by atoms with Crippen LogP contribution in [0.2, 0.25) is 0 Å². The number of aryl methyl sites for hydroxylation is 1. The zero-order chi connectivity index (χ0) is 20.2. The summed E-state index contributed by atoms with van der Waals surface area (Å²) in [5.74, 6) is 0.662. The van der Waals surface area contributed by atoms with Crippen molar-refractivity contribution >= 4 is 28.6 Å². The fourth-order valence-electron chi connectivity index (χ4n) is 3.12. The quantitative estimate of drug-likeness (QED) is 0.349. The topological polar surface area (TPSA) is 68.0 Å². The van der Waals surface area contributed by atoms with Crippen molar-refractivity contribution in [1.82, 2.24) is 15.3 Å². The summed E-state index contributed by atoms with van der Waals surface area (Å²) in [7, 11) is 0. The van der Waals surface area contributed by atoms with Crippen LogP contribution in [0.1, 0.15) is 40.2 Å². The second-order valence-electron chi connectivity index (χ2n) is 6.83. The molecule has 2 heterocycles. The minimum atomic E-state index is -0.223. The number of fused-ring (bicyclic) bond motifs is 1. The van der Waals surface area contributed by atoms with Crippen molar-refractivity contribution in [3.05, 3.63) is 89.4 Å². The van der Waals surface area contributed by atoms with E-state index >= 15 is 0 Å². The summed E-state index contributed by atoms with van der Waals surface area (Å²) in [5.41, 5.74) is 3.79. The number of carbonyl (C=O) groups is 1. The second-order valence-corrected chi connectivity index (χ2v) is 7.77. The molecule has 0 aliphatic carbocycles. The van der Waals surface area contributed by atoms with Crippen LogP contribution in [0.25, 0.3) is 11.0 Å². The first-order chi connectivity index (χ1) is 14.1. The second kappa shape index (κ2) is 8.49. The molecule has 4 aromatic rings. The molecule has 1 unspecified atom stereocenters. The number of rotatable bonds is 6. The zero-order valence-electron chi connectivity index (χ0n) is 16.3. The molecule has 0 saturated heterocycles. The fourth-order valence-corrected chi connectivity index (χ4v) is 3.95. The van der Waals surface area contributed by atoms with Crippen LogP contribution in [-0.4, -0.2) is 15.9 Å². The summed E-state index contributed by atoms with van der Waals surface area (Å²) >= 11 is 1.48. The molecule has 5 nitrogen and oxygen atoms in total. The van der Waals surface area contributed by atoms with Gasteiger partial charge in [0, 0.05) is 29.1 Å². The molecule has 0 radical (unpaired) electrons. The first kappa shape index (κ1) is 19.2. The predicted molar refractivity (Wildman–Crippen MR) is 115 cm³/mol. The van der Waals surface area contributed by atoms with Crippen molar-refractivity contribution in [1.29, 1.82) is 0 Å². The molecule has 0 saturated carbocycles. The molecule has 146 valence electrons. The van der Waals surface area contributed by atoms with E-state index in [9.17, 15) is 4.79 Å². The van der Waals surface area contributed by atoms with Crippen LogP contribution < -0.4 is 5.32 Å². The van der Waals surface area contributed by atoms with Gasteiger partial charge in [-0.05, 0) is 31.5 Å². The summed E-state index contributed by atoms with van der Waals surface area (Å²) < 4.78 is 5.94. The van der Waals surface area contributed by atoms with Crippen molar-refractivity contribution in [2.45, 2.75) is 30.8 Å². The van der Waals surface area contributed by atoms with Crippen molar-refractivity contribution < 1.29 is 9.21 Å². The Kier molecular flexibility index (Phi) is 5.62. The number of nitrogens with one attached hydrogen (secondary N) is 1. The standard InChI is InChI=1S/C23H21N3O2S/c1-15-8-10-17(11-9-15)16(2)26-22(27)21-19(14-29-23-24-12-5-13-25-23)18-6-3-4-7-20(18)28-21/h3-13,16H,14H2,1-2H3,(H,26,27). The van der Waals surface area contributed by atoms with Gasteiger partial charge in [0.2, 0.25) is 0 Å². The molecule has 0 aliphatic rings. The minimum Gasteiger partial charge on any atom is -0.451 e. The van der Waals surface area contributed by atoms with Crippen molar-refractivity contribution in [2.75, 3.05) is 0 Å². The normalized spacial score (nSPS) is 12.1. The van der Waals surface area contributed by atoms with Crippen molar-refractivity contribution in [3.63, 3.8) is 0 Å². The molecule has 4 rings (SSSR count). The molecule has 2 aromatic heterocycles. The molecule has 1 N–H and O–H groups in total. The van der Waals surface area contributed by atoms with Gasteiger partial charge in [0.25, 0.3) is 5.91 Å². The van der Waals surface area contributed by atoms with Gasteiger partial charge in [-0.3, -0.25) is 4.79 Å². The Labute approximate surface area is 173 Å². The first-order valence-corrected chi connectivity index (χ1v) is 10.4. The maximum absolute atomic E-state index is 13.1. The number of para-hydroxylation sites is 1. The molecule has 0 spiro atoms. The fraction of sp³-hybridized carbons (Fsp3) is 0.174. The van der Waals surface area contributed by atoms with Crippen LogP contribution in [0.4, 0.5) is 0 Å². The number of hydrogen-bond acceptors (Lipinski definition) is 5. The molecule has 1 amide bonds. The van der Waals surface area contributed by atoms with Gasteiger partial charge in [-0.15, -0.1) is 0 Å². The molecular weight excluding hydrogens is 382 g/mol. The van der Waals surface area contributed by atoms with E-state index in [1.54, 1.807) is 18.5 Å². The molecule has 0 fully saturated rings. The third-order valence-corrected chi connectivity index (χ3v) is 5.62. The van der Waals surface area contributed by atoms with Crippen LogP contribution in [0.5, 0.6) is 0 Å². The molecule has 1 atom stereocenters. The maximum Gasteiger partial charge on any atom is 0.287 e. The number of furan rings is 1. The Morgan fingerprint density at radius 3 is 2.55 bits per heavy atom. The number of thioether (sulfide) groups is 1. The van der Waals surface area contributed by atoms with Crippen LogP contribution in [0.3, 0.4) is 0 Å². The number of hydrogen-bond donors (Lipinski definition) is 1. The van der Waals surface area contributed by atoms with Crippen LogP contribution in [-0.2, 0) is 5.75 Å². The lowest BCUT2D eigenvalue weighted by atomic mass is 10.1. The SMILES string of the molecule is Cc1ccc(C(C)NC(=O)c2oc3ccccc3c2CSc2ncccn2)cc1. The highest BCUT2D eigenvalue weighted by Gasteiger charge is 2.22. The average Bonchev–Trinajstić information content (AvgIpc) is 3.12. The van der Waals surface area contributed by atoms with Gasteiger partial charge in [0.15, 0.2) is 10.9 Å². The van der Waals surface area contributed by atoms with E-state index in [0.29, 0.717) is 22.3 Å². The Morgan fingerprint density at radius 1 is 1.07 bits per heavy atom. The van der Waals surface area contributed by atoms with Gasteiger partial charge in [0.1, 0.15) is 5.58 Å². The lowest BCUT2D eigenvalue weighted by Crippen LogP contribution is -2.27. The average molecular weight is 404 g/mol. The van der Waals surface area contributed by atoms with Crippen LogP contribution in [0, 0.1) is 6.92 Å². The summed E-state index contributed by atoms with van der Waals surface area (Å²) in [4.78, 5) is 21.5. The van der Waals surface area contributed by atoms with E-state index in [2.05, 4.69) is 15.3 Å². The molecular formula is C23H21N3O2S. The molecule has 2 aromatic carbocycles. The van der Waals surface area contributed by atoms with Crippen molar-refractivity contribution in [3.8, 4) is 0 Å². The summed E-state index contributed by atoms with van der Waals surface area (Å²) in [6.07, 6.45) is 3.42. The Hall–Kier alpha value is -3.12. The van der Waals surface area contributed by atoms with Gasteiger partial charge in [-0.25, -0.2) is 9.97 Å². The van der Waals surface area contributed by atoms with Crippen molar-refractivity contribution in [2.24, 2.45) is 0 Å². The third kappa shape index (κ3) is 4.32. The zero-order valence-corrected chi connectivity index (χ0v) is 17.1. The van der Waals surface area contributed by atoms with Gasteiger partial charge >= 0.3 is 0 Å². The lowest BCUT2D eigenvalue weighted by Gasteiger charge is -2.14. The third-order valence-electron chi connectivity index (χ3n) is 4.72. The van der Waals surface area contributed by atoms with Gasteiger partial charge in [-0.1, -0.05) is 59.8 Å². The van der Waals surface area contributed by atoms with E-state index in [-0.39, 0.29) is 11.9 Å². The largest absolute Gasteiger partial charge is 0.451 e. The number of amides is 1. The van der Waals surface area contributed by atoms with E-state index in [1.807, 2.05) is 62.4 Å². The maximum atomic E-state index is 13.1.